The lowest BCUT2D eigenvalue weighted by Gasteiger charge is -2.09. The number of carbonyl (C=O) groups is 1. The zero-order valence-corrected chi connectivity index (χ0v) is 18.0. The molecule has 1 aliphatic rings. The number of halogens is 2. The van der Waals surface area contributed by atoms with E-state index in [-0.39, 0.29) is 5.91 Å². The van der Waals surface area contributed by atoms with E-state index in [9.17, 15) is 4.79 Å². The Kier molecular flexibility index (Phi) is 6.43. The summed E-state index contributed by atoms with van der Waals surface area (Å²) in [5, 5.41) is 4.49. The van der Waals surface area contributed by atoms with Crippen molar-refractivity contribution >= 4 is 57.8 Å². The lowest BCUT2D eigenvalue weighted by molar-refractivity contribution is -0.115. The minimum absolute atomic E-state index is 0.172. The molecule has 0 saturated carbocycles. The molecule has 1 aliphatic heterocycles. The normalized spacial score (nSPS) is 16.1. The van der Waals surface area contributed by atoms with Crippen molar-refractivity contribution in [1.29, 1.82) is 0 Å². The number of rotatable bonds is 5. The third kappa shape index (κ3) is 5.25. The average molecular weight is 455 g/mol. The molecule has 0 unspecified atom stereocenters. The highest BCUT2D eigenvalue weighted by molar-refractivity contribution is 8.18. The molecule has 0 aliphatic carbocycles. The standard InChI is InChI=1S/C23H16Cl2N2O2S/c24-17-10-9-16(20(25)13-17)14-29-19-8-4-5-15(11-19)12-21-22(28)27-23(30-21)26-18-6-2-1-3-7-18/h1-13H,14H2,(H,26,27,28). The van der Waals surface area contributed by atoms with Gasteiger partial charge in [-0.15, -0.1) is 0 Å². The lowest BCUT2D eigenvalue weighted by Crippen LogP contribution is -2.19. The van der Waals surface area contributed by atoms with Gasteiger partial charge in [0.05, 0.1) is 10.6 Å². The molecule has 0 bridgehead atoms. The first kappa shape index (κ1) is 20.5. The minimum atomic E-state index is -0.172. The van der Waals surface area contributed by atoms with Crippen LogP contribution in [0, 0.1) is 0 Å². The van der Waals surface area contributed by atoms with E-state index in [4.69, 9.17) is 27.9 Å². The van der Waals surface area contributed by atoms with Gasteiger partial charge in [0.1, 0.15) is 12.4 Å². The number of thioether (sulfide) groups is 1. The summed E-state index contributed by atoms with van der Waals surface area (Å²) in [4.78, 5) is 17.3. The highest BCUT2D eigenvalue weighted by atomic mass is 35.5. The number of hydrogen-bond acceptors (Lipinski definition) is 4. The second-order valence-corrected chi connectivity index (χ2v) is 8.29. The number of nitrogens with one attached hydrogen (secondary N) is 1. The maximum absolute atomic E-state index is 12.3. The van der Waals surface area contributed by atoms with Gasteiger partial charge in [-0.05, 0) is 59.8 Å². The number of aliphatic imine (C=N–C) groups is 1. The summed E-state index contributed by atoms with van der Waals surface area (Å²) in [6.45, 7) is 0.319. The Hall–Kier alpha value is -2.73. The van der Waals surface area contributed by atoms with Crippen LogP contribution in [0.25, 0.3) is 6.08 Å². The van der Waals surface area contributed by atoms with Gasteiger partial charge in [-0.3, -0.25) is 4.79 Å². The SMILES string of the molecule is O=C1NC(=Nc2ccccc2)SC1=Cc1cccc(OCc2ccc(Cl)cc2Cl)c1. The van der Waals surface area contributed by atoms with E-state index in [2.05, 4.69) is 10.3 Å². The second-order valence-electron chi connectivity index (χ2n) is 6.41. The average Bonchev–Trinajstić information content (AvgIpc) is 3.07. The summed E-state index contributed by atoms with van der Waals surface area (Å²) in [6, 6.07) is 22.3. The summed E-state index contributed by atoms with van der Waals surface area (Å²) in [7, 11) is 0. The number of carbonyl (C=O) groups excluding carboxylic acids is 1. The molecule has 1 amide bonds. The van der Waals surface area contributed by atoms with Gasteiger partial charge in [0.25, 0.3) is 5.91 Å². The molecular formula is C23H16Cl2N2O2S. The van der Waals surface area contributed by atoms with Gasteiger partial charge in [0.15, 0.2) is 5.17 Å². The van der Waals surface area contributed by atoms with E-state index in [0.29, 0.717) is 32.5 Å². The Bertz CT molecular complexity index is 1150. The molecule has 1 saturated heterocycles. The smallest absolute Gasteiger partial charge is 0.264 e. The predicted octanol–water partition coefficient (Wildman–Crippen LogP) is 6.46. The van der Waals surface area contributed by atoms with Gasteiger partial charge < -0.3 is 10.1 Å². The van der Waals surface area contributed by atoms with Gasteiger partial charge in [-0.25, -0.2) is 4.99 Å². The molecule has 3 aromatic rings. The van der Waals surface area contributed by atoms with E-state index in [1.54, 1.807) is 12.1 Å². The highest BCUT2D eigenvalue weighted by Crippen LogP contribution is 2.29. The molecule has 0 radical (unpaired) electrons. The van der Waals surface area contributed by atoms with Crippen molar-refractivity contribution < 1.29 is 9.53 Å². The predicted molar refractivity (Wildman–Crippen MR) is 124 cm³/mol. The molecule has 3 aromatic carbocycles. The van der Waals surface area contributed by atoms with Crippen LogP contribution in [0.1, 0.15) is 11.1 Å². The van der Waals surface area contributed by atoms with Crippen LogP contribution in [0.3, 0.4) is 0 Å². The number of hydrogen-bond donors (Lipinski definition) is 1. The van der Waals surface area contributed by atoms with Crippen molar-refractivity contribution in [2.75, 3.05) is 0 Å². The van der Waals surface area contributed by atoms with Crippen LogP contribution in [0.2, 0.25) is 10.0 Å². The molecule has 7 heteroatoms. The van der Waals surface area contributed by atoms with E-state index in [1.165, 1.54) is 11.8 Å². The first-order valence-corrected chi connectivity index (χ1v) is 10.7. The van der Waals surface area contributed by atoms with Crippen LogP contribution in [-0.4, -0.2) is 11.1 Å². The number of amidine groups is 1. The number of ether oxygens (including phenoxy) is 1. The lowest BCUT2D eigenvalue weighted by atomic mass is 10.2. The molecule has 150 valence electrons. The summed E-state index contributed by atoms with van der Waals surface area (Å²) in [5.41, 5.74) is 2.49. The van der Waals surface area contributed by atoms with Crippen molar-refractivity contribution in [1.82, 2.24) is 5.32 Å². The fourth-order valence-electron chi connectivity index (χ4n) is 2.75. The Morgan fingerprint density at radius 3 is 2.63 bits per heavy atom. The molecule has 30 heavy (non-hydrogen) atoms. The molecule has 0 atom stereocenters. The first-order valence-electron chi connectivity index (χ1n) is 9.08. The van der Waals surface area contributed by atoms with Gasteiger partial charge in [-0.2, -0.15) is 0 Å². The van der Waals surface area contributed by atoms with Gasteiger partial charge in [0.2, 0.25) is 0 Å². The minimum Gasteiger partial charge on any atom is -0.489 e. The molecule has 1 fully saturated rings. The Balaban J connectivity index is 1.46. The second kappa shape index (κ2) is 9.39. The molecule has 4 nitrogen and oxygen atoms in total. The summed E-state index contributed by atoms with van der Waals surface area (Å²) in [5.74, 6) is 0.505. The van der Waals surface area contributed by atoms with Gasteiger partial charge >= 0.3 is 0 Å². The van der Waals surface area contributed by atoms with Crippen molar-refractivity contribution in [2.45, 2.75) is 6.61 Å². The first-order chi connectivity index (χ1) is 14.6. The summed E-state index contributed by atoms with van der Waals surface area (Å²) >= 11 is 13.4. The van der Waals surface area contributed by atoms with Crippen LogP contribution in [-0.2, 0) is 11.4 Å². The zero-order chi connectivity index (χ0) is 20.9. The molecule has 4 rings (SSSR count). The maximum Gasteiger partial charge on any atom is 0.264 e. The van der Waals surface area contributed by atoms with Crippen LogP contribution < -0.4 is 10.1 Å². The summed E-state index contributed by atoms with van der Waals surface area (Å²) in [6.07, 6.45) is 1.82. The monoisotopic (exact) mass is 454 g/mol. The van der Waals surface area contributed by atoms with Gasteiger partial charge in [0, 0.05) is 15.6 Å². The number of nitrogens with zero attached hydrogens (tertiary/aromatic N) is 1. The Labute approximate surface area is 188 Å². The van der Waals surface area contributed by atoms with Crippen LogP contribution in [0.15, 0.2) is 82.7 Å². The maximum atomic E-state index is 12.3. The Morgan fingerprint density at radius 2 is 1.83 bits per heavy atom. The molecule has 1 N–H and O–H groups in total. The molecular weight excluding hydrogens is 439 g/mol. The molecule has 0 aromatic heterocycles. The van der Waals surface area contributed by atoms with E-state index >= 15 is 0 Å². The number of para-hydroxylation sites is 1. The number of benzene rings is 3. The van der Waals surface area contributed by atoms with Crippen LogP contribution >= 0.6 is 35.0 Å². The third-order valence-corrected chi connectivity index (χ3v) is 5.70. The molecule has 1 heterocycles. The van der Waals surface area contributed by atoms with E-state index < -0.39 is 0 Å². The van der Waals surface area contributed by atoms with E-state index in [0.717, 1.165) is 16.8 Å². The summed E-state index contributed by atoms with van der Waals surface area (Å²) < 4.78 is 5.86. The third-order valence-electron chi connectivity index (χ3n) is 4.20. The van der Waals surface area contributed by atoms with Crippen LogP contribution in [0.4, 0.5) is 5.69 Å². The van der Waals surface area contributed by atoms with Crippen molar-refractivity contribution in [3.63, 3.8) is 0 Å². The van der Waals surface area contributed by atoms with Crippen molar-refractivity contribution in [3.8, 4) is 5.75 Å². The zero-order valence-electron chi connectivity index (χ0n) is 15.6. The van der Waals surface area contributed by atoms with Crippen LogP contribution in [0.5, 0.6) is 5.75 Å². The Morgan fingerprint density at radius 1 is 1.00 bits per heavy atom. The largest absolute Gasteiger partial charge is 0.489 e. The topological polar surface area (TPSA) is 50.7 Å². The number of amides is 1. The highest BCUT2D eigenvalue weighted by Gasteiger charge is 2.23. The fraction of sp³-hybridized carbons (Fsp3) is 0.0435. The molecule has 0 spiro atoms. The van der Waals surface area contributed by atoms with Crippen molar-refractivity contribution in [2.24, 2.45) is 4.99 Å². The van der Waals surface area contributed by atoms with Crippen molar-refractivity contribution in [3.05, 3.63) is 98.9 Å². The van der Waals surface area contributed by atoms with E-state index in [1.807, 2.05) is 66.7 Å². The fourth-order valence-corrected chi connectivity index (χ4v) is 4.05. The quantitative estimate of drug-likeness (QED) is 0.449. The van der Waals surface area contributed by atoms with Gasteiger partial charge in [-0.1, -0.05) is 59.6 Å².